The van der Waals surface area contributed by atoms with E-state index < -0.39 is 41.6 Å². The number of nitrogen functional groups attached to an aromatic ring is 2. The number of esters is 1. The van der Waals surface area contributed by atoms with Gasteiger partial charge >= 0.3 is 5.97 Å². The predicted octanol–water partition coefficient (Wildman–Crippen LogP) is 8.01. The molecular weight excluding hydrogens is 865 g/mol. The normalized spacial score (nSPS) is 16.2. The maximum Gasteiger partial charge on any atom is 0.356 e. The number of allylic oxidation sites excluding steroid dienone is 1. The first-order valence-electron chi connectivity index (χ1n) is 20.3. The van der Waals surface area contributed by atoms with Crippen molar-refractivity contribution in [2.45, 2.75) is 47.9 Å². The first-order valence-corrected chi connectivity index (χ1v) is 22.8. The lowest BCUT2D eigenvalue weighted by molar-refractivity contribution is -0.158. The molecule has 320 valence electrons. The maximum absolute atomic E-state index is 14.7. The van der Waals surface area contributed by atoms with Crippen molar-refractivity contribution < 1.29 is 24.0 Å². The molecule has 0 saturated carbocycles. The van der Waals surface area contributed by atoms with Crippen LogP contribution in [-0.4, -0.2) is 55.7 Å². The van der Waals surface area contributed by atoms with Gasteiger partial charge in [0.05, 0.1) is 6.04 Å². The number of hydrogen-bond acceptors (Lipinski definition) is 14. The number of amides is 2. The second kappa shape index (κ2) is 18.3. The van der Waals surface area contributed by atoms with E-state index in [4.69, 9.17) is 21.0 Å². The minimum absolute atomic E-state index is 0.0705. The fraction of sp³-hybridized carbons (Fsp3) is 0.146. The van der Waals surface area contributed by atoms with Gasteiger partial charge in [-0.1, -0.05) is 180 Å². The third-order valence-corrected chi connectivity index (χ3v) is 13.7. The first-order chi connectivity index (χ1) is 31.2. The maximum atomic E-state index is 14.7. The van der Waals surface area contributed by atoms with Crippen LogP contribution in [0.25, 0.3) is 0 Å². The number of ether oxygens (including phenoxy) is 1. The molecule has 64 heavy (non-hydrogen) atoms. The molecule has 0 aliphatic carbocycles. The smallest absolute Gasteiger partial charge is 0.356 e. The number of fused-ring (bicyclic) bond motifs is 1. The van der Waals surface area contributed by atoms with Gasteiger partial charge in [0, 0.05) is 26.5 Å². The Morgan fingerprint density at radius 2 is 1.31 bits per heavy atom. The molecule has 9 rings (SSSR count). The number of hydrogen-bond donors (Lipinski definition) is 3. The summed E-state index contributed by atoms with van der Waals surface area (Å²) in [6.07, 6.45) is 0.00628. The standard InChI is InChI=1S/C48H40N8O5S3/c1-29-37(52-45(49)62-29)39(55-61-48(32-21-11-4-12-22-32,33-23-13-5-14-24-33)34-25-15-6-16-26-34)42(57)51-38-35-27-28-36(63-47-54-53-46(50)64-47)40(56(35)43(38)58)44(59)60-41(30-17-7-2-8-18-30)31-19-9-3-10-20-31/h2-26,35,38,41H,27-28H2,1H3,(H2,49,52)(H2,50,53)(H,51,57)/t35?,38-/m1/s1. The summed E-state index contributed by atoms with van der Waals surface area (Å²) in [6, 6.07) is 46.0. The Bertz CT molecular complexity index is 2720. The number of oxime groups is 1. The fourth-order valence-electron chi connectivity index (χ4n) is 8.06. The van der Waals surface area contributed by atoms with Crippen molar-refractivity contribution in [1.82, 2.24) is 25.4 Å². The highest BCUT2D eigenvalue weighted by molar-refractivity contribution is 8.04. The Hall–Kier alpha value is -7.14. The number of rotatable bonds is 14. The Kier molecular flexibility index (Phi) is 12.1. The number of aromatic nitrogens is 3. The number of nitrogens with two attached hydrogens (primary N) is 2. The molecule has 0 bridgehead atoms. The van der Waals surface area contributed by atoms with Crippen molar-refractivity contribution in [2.24, 2.45) is 5.16 Å². The van der Waals surface area contributed by atoms with Crippen molar-refractivity contribution in [2.75, 3.05) is 11.5 Å². The highest BCUT2D eigenvalue weighted by Gasteiger charge is 2.54. The number of thioether (sulfide) groups is 1. The first kappa shape index (κ1) is 42.2. The third-order valence-electron chi connectivity index (χ3n) is 11.0. The van der Waals surface area contributed by atoms with Crippen LogP contribution in [-0.2, 0) is 29.6 Å². The molecule has 0 spiro atoms. The summed E-state index contributed by atoms with van der Waals surface area (Å²) in [4.78, 5) is 57.7. The molecule has 2 aliphatic rings. The Morgan fingerprint density at radius 1 is 0.781 bits per heavy atom. The zero-order valence-electron chi connectivity index (χ0n) is 34.2. The average Bonchev–Trinajstić information content (AvgIpc) is 3.91. The number of carbonyl (C=O) groups is 3. The minimum atomic E-state index is -1.32. The summed E-state index contributed by atoms with van der Waals surface area (Å²) in [5, 5.41) is 16.2. The SMILES string of the molecule is Cc1sc(N)nc1C(=NOC(c1ccccc1)(c1ccccc1)c1ccccc1)C(=O)N[C@H]1C(=O)N2C(C(=O)OC(c3ccccc3)c3ccccc3)=C(Sc3nnc(N)s3)CCC12. The third kappa shape index (κ3) is 8.25. The lowest BCUT2D eigenvalue weighted by Gasteiger charge is -2.50. The molecule has 1 saturated heterocycles. The molecule has 2 amide bonds. The second-order valence-electron chi connectivity index (χ2n) is 14.9. The topological polar surface area (TPSA) is 188 Å². The van der Waals surface area contributed by atoms with Crippen molar-refractivity contribution in [3.63, 3.8) is 0 Å². The summed E-state index contributed by atoms with van der Waals surface area (Å²) < 4.78 is 6.84. The number of aryl methyl sites for hydroxylation is 1. The van der Waals surface area contributed by atoms with Gasteiger partial charge in [-0.25, -0.2) is 9.78 Å². The lowest BCUT2D eigenvalue weighted by Crippen LogP contribution is -2.72. The Labute approximate surface area is 380 Å². The van der Waals surface area contributed by atoms with Gasteiger partial charge in [0.2, 0.25) is 10.7 Å². The lowest BCUT2D eigenvalue weighted by atomic mass is 9.80. The van der Waals surface area contributed by atoms with Gasteiger partial charge in [-0.2, -0.15) is 0 Å². The minimum Gasteiger partial charge on any atom is -0.448 e. The largest absolute Gasteiger partial charge is 0.448 e. The van der Waals surface area contributed by atoms with Gasteiger partial charge in [-0.05, 0) is 30.9 Å². The zero-order valence-corrected chi connectivity index (χ0v) is 36.7. The van der Waals surface area contributed by atoms with E-state index >= 15 is 0 Å². The summed E-state index contributed by atoms with van der Waals surface area (Å²) in [7, 11) is 0. The molecule has 7 aromatic rings. The molecule has 4 heterocycles. The monoisotopic (exact) mass is 904 g/mol. The van der Waals surface area contributed by atoms with Crippen LogP contribution < -0.4 is 16.8 Å². The molecule has 2 aliphatic heterocycles. The molecule has 1 fully saturated rings. The quantitative estimate of drug-likeness (QED) is 0.0315. The van der Waals surface area contributed by atoms with Gasteiger partial charge in [0.25, 0.3) is 11.8 Å². The number of anilines is 2. The molecule has 13 nitrogen and oxygen atoms in total. The number of benzene rings is 5. The molecule has 16 heteroatoms. The highest BCUT2D eigenvalue weighted by Crippen LogP contribution is 2.45. The second-order valence-corrected chi connectivity index (χ2v) is 18.5. The van der Waals surface area contributed by atoms with Crippen LogP contribution >= 0.6 is 34.4 Å². The highest BCUT2D eigenvalue weighted by atomic mass is 32.2. The van der Waals surface area contributed by atoms with Crippen molar-refractivity contribution in [3.8, 4) is 0 Å². The fourth-order valence-corrected chi connectivity index (χ4v) is 10.6. The van der Waals surface area contributed by atoms with Gasteiger partial charge in [-0.3, -0.25) is 14.5 Å². The molecule has 1 unspecified atom stereocenters. The summed E-state index contributed by atoms with van der Waals surface area (Å²) in [5.41, 5.74) is 14.7. The number of thiazole rings is 1. The van der Waals surface area contributed by atoms with Crippen molar-refractivity contribution >= 4 is 68.2 Å². The summed E-state index contributed by atoms with van der Waals surface area (Å²) in [6.45, 7) is 1.79. The zero-order chi connectivity index (χ0) is 44.2. The van der Waals surface area contributed by atoms with E-state index in [1.807, 2.05) is 152 Å². The molecule has 5 N–H and O–H groups in total. The van der Waals surface area contributed by atoms with E-state index in [0.717, 1.165) is 27.8 Å². The van der Waals surface area contributed by atoms with Crippen molar-refractivity contribution in [1.29, 1.82) is 0 Å². The van der Waals surface area contributed by atoms with Crippen LogP contribution in [0.3, 0.4) is 0 Å². The number of nitrogens with one attached hydrogen (secondary N) is 1. The van der Waals surface area contributed by atoms with Crippen LogP contribution in [0.5, 0.6) is 0 Å². The Balaban J connectivity index is 1.06. The van der Waals surface area contributed by atoms with Gasteiger partial charge in [-0.15, -0.1) is 21.5 Å². The van der Waals surface area contributed by atoms with Crippen LogP contribution in [0.2, 0.25) is 0 Å². The number of nitrogens with zero attached hydrogens (tertiary/aromatic N) is 5. The molecule has 2 atom stereocenters. The van der Waals surface area contributed by atoms with Crippen LogP contribution in [0.4, 0.5) is 10.3 Å². The van der Waals surface area contributed by atoms with E-state index in [2.05, 4.69) is 25.7 Å². The van der Waals surface area contributed by atoms with Gasteiger partial charge in [0.15, 0.2) is 21.3 Å². The van der Waals surface area contributed by atoms with E-state index in [1.165, 1.54) is 39.3 Å². The predicted molar refractivity (Wildman–Crippen MR) is 248 cm³/mol. The molecule has 0 radical (unpaired) electrons. The van der Waals surface area contributed by atoms with Crippen molar-refractivity contribution in [3.05, 3.63) is 201 Å². The van der Waals surface area contributed by atoms with Crippen LogP contribution in [0.1, 0.15) is 57.3 Å². The molecular formula is C48H40N8O5S3. The molecule has 2 aromatic heterocycles. The van der Waals surface area contributed by atoms with E-state index in [0.29, 0.717) is 27.0 Å². The van der Waals surface area contributed by atoms with Crippen LogP contribution in [0, 0.1) is 6.92 Å². The Morgan fingerprint density at radius 3 is 1.80 bits per heavy atom. The number of β-lactam (4-membered cyclic amide) rings is 1. The van der Waals surface area contributed by atoms with Gasteiger partial charge in [0.1, 0.15) is 17.4 Å². The summed E-state index contributed by atoms with van der Waals surface area (Å²) in [5.74, 6) is -1.91. The average molecular weight is 905 g/mol. The molecule has 5 aromatic carbocycles. The van der Waals surface area contributed by atoms with E-state index in [1.54, 1.807) is 6.92 Å². The van der Waals surface area contributed by atoms with Crippen LogP contribution in [0.15, 0.2) is 172 Å². The van der Waals surface area contributed by atoms with E-state index in [9.17, 15) is 14.4 Å². The van der Waals surface area contributed by atoms with Gasteiger partial charge < -0.3 is 26.4 Å². The number of carbonyl (C=O) groups excluding carboxylic acids is 3. The summed E-state index contributed by atoms with van der Waals surface area (Å²) >= 11 is 3.59. The van der Waals surface area contributed by atoms with E-state index in [-0.39, 0.29) is 27.4 Å².